The van der Waals surface area contributed by atoms with Gasteiger partial charge in [-0.05, 0) is 24.3 Å². The standard InChI is InChI=1S/C16H24N4O/c1-4-9-17-16(21)20-12-10-19(11-13-20)15-7-5-14(6-8-15)18(2)3/h4-8H,1,9-13H2,2-3H3,(H,17,21). The van der Waals surface area contributed by atoms with Crippen LogP contribution in [0, 0.1) is 0 Å². The van der Waals surface area contributed by atoms with Crippen LogP contribution in [0.5, 0.6) is 0 Å². The lowest BCUT2D eigenvalue weighted by molar-refractivity contribution is 0.195. The number of hydrogen-bond donors (Lipinski definition) is 1. The molecule has 5 nitrogen and oxygen atoms in total. The van der Waals surface area contributed by atoms with Gasteiger partial charge >= 0.3 is 6.03 Å². The summed E-state index contributed by atoms with van der Waals surface area (Å²) in [5, 5.41) is 2.82. The number of urea groups is 1. The van der Waals surface area contributed by atoms with Crippen molar-refractivity contribution in [2.45, 2.75) is 0 Å². The highest BCUT2D eigenvalue weighted by atomic mass is 16.2. The Balaban J connectivity index is 1.88. The fourth-order valence-electron chi connectivity index (χ4n) is 2.40. The molecule has 21 heavy (non-hydrogen) atoms. The minimum atomic E-state index is -0.00231. The second kappa shape index (κ2) is 7.02. The second-order valence-corrected chi connectivity index (χ2v) is 5.36. The molecular weight excluding hydrogens is 264 g/mol. The SMILES string of the molecule is C=CCNC(=O)N1CCN(c2ccc(N(C)C)cc2)CC1. The van der Waals surface area contributed by atoms with Crippen LogP contribution < -0.4 is 15.1 Å². The lowest BCUT2D eigenvalue weighted by Crippen LogP contribution is -2.51. The number of carbonyl (C=O) groups excluding carboxylic acids is 1. The molecule has 1 heterocycles. The summed E-state index contributed by atoms with van der Waals surface area (Å²) >= 11 is 0. The number of nitrogens with zero attached hydrogens (tertiary/aromatic N) is 3. The largest absolute Gasteiger partial charge is 0.378 e. The van der Waals surface area contributed by atoms with Crippen molar-refractivity contribution >= 4 is 17.4 Å². The Kier molecular flexibility index (Phi) is 5.09. The van der Waals surface area contributed by atoms with Crippen LogP contribution in [0.25, 0.3) is 0 Å². The summed E-state index contributed by atoms with van der Waals surface area (Å²) in [6, 6.07) is 8.53. The van der Waals surface area contributed by atoms with Crippen molar-refractivity contribution in [1.29, 1.82) is 0 Å². The topological polar surface area (TPSA) is 38.8 Å². The number of rotatable bonds is 4. The summed E-state index contributed by atoms with van der Waals surface area (Å²) < 4.78 is 0. The molecule has 114 valence electrons. The summed E-state index contributed by atoms with van der Waals surface area (Å²) in [6.45, 7) is 7.35. The van der Waals surface area contributed by atoms with Gasteiger partial charge in [0.1, 0.15) is 0 Å². The van der Waals surface area contributed by atoms with E-state index in [1.165, 1.54) is 11.4 Å². The molecule has 1 N–H and O–H groups in total. The van der Waals surface area contributed by atoms with Crippen LogP contribution in [-0.2, 0) is 0 Å². The van der Waals surface area contributed by atoms with Gasteiger partial charge in [-0.2, -0.15) is 0 Å². The van der Waals surface area contributed by atoms with Gasteiger partial charge in [-0.3, -0.25) is 0 Å². The molecule has 0 unspecified atom stereocenters. The Bertz CT molecular complexity index is 476. The van der Waals surface area contributed by atoms with E-state index in [4.69, 9.17) is 0 Å². The normalized spacial score (nSPS) is 14.8. The number of anilines is 2. The van der Waals surface area contributed by atoms with E-state index in [9.17, 15) is 4.79 Å². The Morgan fingerprint density at radius 1 is 1.24 bits per heavy atom. The molecule has 0 saturated carbocycles. The van der Waals surface area contributed by atoms with E-state index in [0.717, 1.165) is 26.2 Å². The Hall–Kier alpha value is -2.17. The van der Waals surface area contributed by atoms with Crippen LogP contribution >= 0.6 is 0 Å². The quantitative estimate of drug-likeness (QED) is 0.858. The van der Waals surface area contributed by atoms with E-state index in [0.29, 0.717) is 6.54 Å². The molecule has 0 bridgehead atoms. The van der Waals surface area contributed by atoms with Gasteiger partial charge in [0.2, 0.25) is 0 Å². The first-order chi connectivity index (χ1) is 10.1. The number of amides is 2. The Labute approximate surface area is 126 Å². The van der Waals surface area contributed by atoms with Crippen molar-refractivity contribution in [2.24, 2.45) is 0 Å². The average molecular weight is 288 g/mol. The van der Waals surface area contributed by atoms with E-state index in [1.54, 1.807) is 6.08 Å². The number of piperazine rings is 1. The zero-order valence-electron chi connectivity index (χ0n) is 12.9. The first-order valence-corrected chi connectivity index (χ1v) is 7.28. The van der Waals surface area contributed by atoms with Gasteiger partial charge in [-0.15, -0.1) is 6.58 Å². The Morgan fingerprint density at radius 3 is 2.38 bits per heavy atom. The predicted molar refractivity (Wildman–Crippen MR) is 88.2 cm³/mol. The Morgan fingerprint density at radius 2 is 1.86 bits per heavy atom. The van der Waals surface area contributed by atoms with E-state index >= 15 is 0 Å². The highest BCUT2D eigenvalue weighted by Crippen LogP contribution is 2.20. The maximum Gasteiger partial charge on any atom is 0.317 e. The molecule has 0 aliphatic carbocycles. The maximum absolute atomic E-state index is 11.9. The molecule has 5 heteroatoms. The molecular formula is C16H24N4O. The molecule has 0 spiro atoms. The van der Waals surface area contributed by atoms with Crippen LogP contribution in [0.2, 0.25) is 0 Å². The van der Waals surface area contributed by atoms with Crippen LogP contribution in [0.15, 0.2) is 36.9 Å². The molecule has 0 aromatic heterocycles. The van der Waals surface area contributed by atoms with Crippen molar-refractivity contribution in [3.05, 3.63) is 36.9 Å². The van der Waals surface area contributed by atoms with Gasteiger partial charge in [0, 0.05) is 58.2 Å². The van der Waals surface area contributed by atoms with Crippen molar-refractivity contribution in [3.8, 4) is 0 Å². The van der Waals surface area contributed by atoms with Crippen LogP contribution in [0.3, 0.4) is 0 Å². The summed E-state index contributed by atoms with van der Waals surface area (Å²) in [6.07, 6.45) is 1.69. The van der Waals surface area contributed by atoms with Gasteiger partial charge < -0.3 is 20.0 Å². The highest BCUT2D eigenvalue weighted by Gasteiger charge is 2.20. The van der Waals surface area contributed by atoms with Crippen molar-refractivity contribution < 1.29 is 4.79 Å². The summed E-state index contributed by atoms with van der Waals surface area (Å²) in [5.41, 5.74) is 2.41. The van der Waals surface area contributed by atoms with E-state index < -0.39 is 0 Å². The van der Waals surface area contributed by atoms with Gasteiger partial charge in [0.15, 0.2) is 0 Å². The lowest BCUT2D eigenvalue weighted by Gasteiger charge is -2.36. The third kappa shape index (κ3) is 3.90. The molecule has 1 saturated heterocycles. The van der Waals surface area contributed by atoms with Crippen LogP contribution in [-0.4, -0.2) is 57.8 Å². The fourth-order valence-corrected chi connectivity index (χ4v) is 2.40. The average Bonchev–Trinajstić information content (AvgIpc) is 2.53. The van der Waals surface area contributed by atoms with Crippen LogP contribution in [0.4, 0.5) is 16.2 Å². The molecule has 1 aromatic rings. The first-order valence-electron chi connectivity index (χ1n) is 7.28. The zero-order valence-corrected chi connectivity index (χ0v) is 12.9. The third-order valence-electron chi connectivity index (χ3n) is 3.70. The molecule has 1 aliphatic rings. The van der Waals surface area contributed by atoms with Gasteiger partial charge in [-0.25, -0.2) is 4.79 Å². The minimum absolute atomic E-state index is 0.00231. The van der Waals surface area contributed by atoms with Crippen molar-refractivity contribution in [1.82, 2.24) is 10.2 Å². The summed E-state index contributed by atoms with van der Waals surface area (Å²) in [5.74, 6) is 0. The number of carbonyl (C=O) groups is 1. The predicted octanol–water partition coefficient (Wildman–Crippen LogP) is 1.77. The summed E-state index contributed by atoms with van der Waals surface area (Å²) in [7, 11) is 4.07. The monoisotopic (exact) mass is 288 g/mol. The van der Waals surface area contributed by atoms with Gasteiger partial charge in [0.25, 0.3) is 0 Å². The number of hydrogen-bond acceptors (Lipinski definition) is 3. The third-order valence-corrected chi connectivity index (χ3v) is 3.70. The first kappa shape index (κ1) is 15.2. The molecule has 0 atom stereocenters. The second-order valence-electron chi connectivity index (χ2n) is 5.36. The highest BCUT2D eigenvalue weighted by molar-refractivity contribution is 5.74. The van der Waals surface area contributed by atoms with Gasteiger partial charge in [0.05, 0.1) is 0 Å². The van der Waals surface area contributed by atoms with Crippen molar-refractivity contribution in [3.63, 3.8) is 0 Å². The van der Waals surface area contributed by atoms with Gasteiger partial charge in [-0.1, -0.05) is 6.08 Å². The molecule has 2 amide bonds. The van der Waals surface area contributed by atoms with Crippen molar-refractivity contribution in [2.75, 3.05) is 56.6 Å². The fraction of sp³-hybridized carbons (Fsp3) is 0.438. The lowest BCUT2D eigenvalue weighted by atomic mass is 10.2. The van der Waals surface area contributed by atoms with E-state index in [2.05, 4.69) is 46.0 Å². The maximum atomic E-state index is 11.9. The van der Waals surface area contributed by atoms with Crippen LogP contribution in [0.1, 0.15) is 0 Å². The zero-order chi connectivity index (χ0) is 15.2. The number of nitrogens with one attached hydrogen (secondary N) is 1. The smallest absolute Gasteiger partial charge is 0.317 e. The molecule has 2 rings (SSSR count). The van der Waals surface area contributed by atoms with E-state index in [-0.39, 0.29) is 6.03 Å². The minimum Gasteiger partial charge on any atom is -0.378 e. The molecule has 1 fully saturated rings. The van der Waals surface area contributed by atoms with E-state index in [1.807, 2.05) is 19.0 Å². The molecule has 1 aliphatic heterocycles. The molecule has 1 aromatic carbocycles. The molecule has 0 radical (unpaired) electrons. The summed E-state index contributed by atoms with van der Waals surface area (Å²) in [4.78, 5) is 18.1. The number of benzene rings is 1.